The average Bonchev–Trinajstić information content (AvgIpc) is 2.74. The minimum absolute atomic E-state index is 0.338. The van der Waals surface area contributed by atoms with Gasteiger partial charge in [-0.15, -0.1) is 11.3 Å². The van der Waals surface area contributed by atoms with Gasteiger partial charge in [-0.2, -0.15) is 0 Å². The van der Waals surface area contributed by atoms with Gasteiger partial charge in [-0.1, -0.05) is 0 Å². The largest absolute Gasteiger partial charge is 0.319 e. The summed E-state index contributed by atoms with van der Waals surface area (Å²) in [5.41, 5.74) is 7.45. The van der Waals surface area contributed by atoms with Crippen molar-refractivity contribution < 1.29 is 0 Å². The summed E-state index contributed by atoms with van der Waals surface area (Å²) >= 11 is 1.87. The molecule has 0 spiro atoms. The molecule has 92 valence electrons. The standard InChI is InChI=1S/C14H20N2S/c1-9-6-7-10(2)16(9)15-12(4)14-8-11(3)17-13(14)5/h6-8,12,15H,1-5H3. The van der Waals surface area contributed by atoms with Crippen LogP contribution in [0.15, 0.2) is 18.2 Å². The molecule has 0 amide bonds. The minimum atomic E-state index is 0.338. The molecule has 2 aromatic rings. The van der Waals surface area contributed by atoms with Crippen molar-refractivity contribution in [1.82, 2.24) is 4.68 Å². The number of nitrogens with one attached hydrogen (secondary N) is 1. The van der Waals surface area contributed by atoms with Crippen LogP contribution in [-0.2, 0) is 0 Å². The van der Waals surface area contributed by atoms with Crippen LogP contribution >= 0.6 is 11.3 Å². The second-order valence-electron chi connectivity index (χ2n) is 4.67. The first-order valence-electron chi connectivity index (χ1n) is 5.97. The molecular formula is C14H20N2S. The molecule has 1 N–H and O–H groups in total. The molecule has 0 saturated carbocycles. The lowest BCUT2D eigenvalue weighted by atomic mass is 10.1. The summed E-state index contributed by atoms with van der Waals surface area (Å²) in [4.78, 5) is 2.79. The van der Waals surface area contributed by atoms with Crippen LogP contribution < -0.4 is 5.43 Å². The van der Waals surface area contributed by atoms with E-state index in [-0.39, 0.29) is 0 Å². The van der Waals surface area contributed by atoms with Crippen molar-refractivity contribution >= 4 is 11.3 Å². The van der Waals surface area contributed by atoms with Gasteiger partial charge in [0.1, 0.15) is 0 Å². The van der Waals surface area contributed by atoms with Crippen LogP contribution in [0, 0.1) is 27.7 Å². The van der Waals surface area contributed by atoms with Gasteiger partial charge in [-0.3, -0.25) is 4.68 Å². The first kappa shape index (κ1) is 12.2. The highest BCUT2D eigenvalue weighted by Gasteiger charge is 2.12. The molecule has 17 heavy (non-hydrogen) atoms. The fraction of sp³-hybridized carbons (Fsp3) is 0.429. The van der Waals surface area contributed by atoms with Crippen LogP contribution in [-0.4, -0.2) is 4.68 Å². The Morgan fingerprint density at radius 3 is 2.18 bits per heavy atom. The summed E-state index contributed by atoms with van der Waals surface area (Å²) in [5.74, 6) is 0. The fourth-order valence-electron chi connectivity index (χ4n) is 2.22. The van der Waals surface area contributed by atoms with Gasteiger partial charge < -0.3 is 5.43 Å². The van der Waals surface area contributed by atoms with Crippen LogP contribution in [0.5, 0.6) is 0 Å². The maximum absolute atomic E-state index is 3.55. The molecule has 1 unspecified atom stereocenters. The molecule has 0 radical (unpaired) electrons. The average molecular weight is 248 g/mol. The molecule has 2 heterocycles. The quantitative estimate of drug-likeness (QED) is 0.865. The highest BCUT2D eigenvalue weighted by atomic mass is 32.1. The summed E-state index contributed by atoms with van der Waals surface area (Å²) in [6, 6.07) is 6.90. The molecule has 0 fully saturated rings. The lowest BCUT2D eigenvalue weighted by molar-refractivity contribution is 0.698. The van der Waals surface area contributed by atoms with E-state index in [4.69, 9.17) is 0 Å². The van der Waals surface area contributed by atoms with Gasteiger partial charge in [0.05, 0.1) is 6.04 Å². The summed E-state index contributed by atoms with van der Waals surface area (Å²) < 4.78 is 2.16. The lowest BCUT2D eigenvalue weighted by Gasteiger charge is -2.19. The van der Waals surface area contributed by atoms with Crippen LogP contribution in [0.2, 0.25) is 0 Å². The van der Waals surface area contributed by atoms with E-state index in [1.54, 1.807) is 0 Å². The van der Waals surface area contributed by atoms with Crippen LogP contribution in [0.3, 0.4) is 0 Å². The molecule has 2 rings (SSSR count). The first-order chi connectivity index (χ1) is 7.99. The number of nitrogens with zero attached hydrogens (tertiary/aromatic N) is 1. The smallest absolute Gasteiger partial charge is 0.0656 e. The number of aryl methyl sites for hydroxylation is 4. The lowest BCUT2D eigenvalue weighted by Crippen LogP contribution is -2.20. The molecule has 0 aliphatic rings. The predicted octanol–water partition coefficient (Wildman–Crippen LogP) is 4.09. The SMILES string of the molecule is Cc1cc(C(C)Nn2c(C)ccc2C)c(C)s1. The van der Waals surface area contributed by atoms with Gasteiger partial charge in [0.25, 0.3) is 0 Å². The van der Waals surface area contributed by atoms with Crippen LogP contribution in [0.1, 0.15) is 39.7 Å². The Morgan fingerprint density at radius 1 is 1.12 bits per heavy atom. The highest BCUT2D eigenvalue weighted by molar-refractivity contribution is 7.12. The van der Waals surface area contributed by atoms with E-state index in [9.17, 15) is 0 Å². The molecular weight excluding hydrogens is 228 g/mol. The molecule has 0 aliphatic heterocycles. The zero-order valence-electron chi connectivity index (χ0n) is 11.2. The molecule has 0 saturated heterocycles. The third-order valence-electron chi connectivity index (χ3n) is 3.14. The Balaban J connectivity index is 2.22. The Bertz CT molecular complexity index is 503. The highest BCUT2D eigenvalue weighted by Crippen LogP contribution is 2.27. The third-order valence-corrected chi connectivity index (χ3v) is 4.12. The van der Waals surface area contributed by atoms with E-state index < -0.39 is 0 Å². The van der Waals surface area contributed by atoms with E-state index in [0.29, 0.717) is 6.04 Å². The summed E-state index contributed by atoms with van der Waals surface area (Å²) in [5, 5.41) is 0. The van der Waals surface area contributed by atoms with Crippen molar-refractivity contribution in [1.29, 1.82) is 0 Å². The minimum Gasteiger partial charge on any atom is -0.319 e. The number of hydrogen-bond donors (Lipinski definition) is 1. The zero-order valence-corrected chi connectivity index (χ0v) is 12.0. The number of aromatic nitrogens is 1. The summed E-state index contributed by atoms with van der Waals surface area (Å²) in [6.07, 6.45) is 0. The van der Waals surface area contributed by atoms with Crippen molar-refractivity contribution in [2.24, 2.45) is 0 Å². The Morgan fingerprint density at radius 2 is 1.71 bits per heavy atom. The van der Waals surface area contributed by atoms with Crippen molar-refractivity contribution in [3.05, 3.63) is 44.9 Å². The Labute approximate surface area is 107 Å². The Hall–Kier alpha value is -1.22. The summed E-state index contributed by atoms with van der Waals surface area (Å²) in [6.45, 7) is 10.8. The molecule has 1 atom stereocenters. The first-order valence-corrected chi connectivity index (χ1v) is 6.79. The second-order valence-corrected chi connectivity index (χ2v) is 6.13. The van der Waals surface area contributed by atoms with Crippen LogP contribution in [0.4, 0.5) is 0 Å². The normalized spacial score (nSPS) is 12.8. The van der Waals surface area contributed by atoms with Gasteiger partial charge in [0.2, 0.25) is 0 Å². The number of hydrogen-bond acceptors (Lipinski definition) is 2. The van der Waals surface area contributed by atoms with E-state index in [1.807, 2.05) is 11.3 Å². The van der Waals surface area contributed by atoms with Gasteiger partial charge in [-0.05, 0) is 58.4 Å². The van der Waals surface area contributed by atoms with E-state index in [1.165, 1.54) is 26.7 Å². The van der Waals surface area contributed by atoms with E-state index >= 15 is 0 Å². The zero-order chi connectivity index (χ0) is 12.6. The molecule has 2 aromatic heterocycles. The van der Waals surface area contributed by atoms with Gasteiger partial charge in [0.15, 0.2) is 0 Å². The maximum Gasteiger partial charge on any atom is 0.0656 e. The molecule has 0 bridgehead atoms. The second kappa shape index (κ2) is 4.57. The van der Waals surface area contributed by atoms with Crippen molar-refractivity contribution in [3.8, 4) is 0 Å². The number of thiophene rings is 1. The van der Waals surface area contributed by atoms with Crippen molar-refractivity contribution in [3.63, 3.8) is 0 Å². The predicted molar refractivity (Wildman–Crippen MR) is 75.5 cm³/mol. The molecule has 0 aromatic carbocycles. The number of rotatable bonds is 3. The third kappa shape index (κ3) is 2.39. The van der Waals surface area contributed by atoms with Gasteiger partial charge in [-0.25, -0.2) is 0 Å². The van der Waals surface area contributed by atoms with Crippen molar-refractivity contribution in [2.45, 2.75) is 40.7 Å². The van der Waals surface area contributed by atoms with Gasteiger partial charge >= 0.3 is 0 Å². The molecule has 3 heteroatoms. The summed E-state index contributed by atoms with van der Waals surface area (Å²) in [7, 11) is 0. The van der Waals surface area contributed by atoms with Crippen LogP contribution in [0.25, 0.3) is 0 Å². The molecule has 0 aliphatic carbocycles. The topological polar surface area (TPSA) is 17.0 Å². The van der Waals surface area contributed by atoms with E-state index in [2.05, 4.69) is 62.9 Å². The Kier molecular flexibility index (Phi) is 3.29. The van der Waals surface area contributed by atoms with Gasteiger partial charge in [0, 0.05) is 21.1 Å². The monoisotopic (exact) mass is 248 g/mol. The molecule has 2 nitrogen and oxygen atoms in total. The van der Waals surface area contributed by atoms with Crippen molar-refractivity contribution in [2.75, 3.05) is 5.43 Å². The maximum atomic E-state index is 3.55. The fourth-order valence-corrected chi connectivity index (χ4v) is 3.24. The van der Waals surface area contributed by atoms with E-state index in [0.717, 1.165) is 0 Å².